The maximum Gasteiger partial charge on any atom is 0.322 e. The van der Waals surface area contributed by atoms with Crippen molar-refractivity contribution in [2.75, 3.05) is 6.54 Å². The molecule has 1 rings (SSSR count). The topological polar surface area (TPSA) is 95.7 Å². The molecule has 0 aromatic rings. The summed E-state index contributed by atoms with van der Waals surface area (Å²) in [5.41, 5.74) is 8.05. The number of carbonyl (C=O) groups is 2. The minimum atomic E-state index is -0.938. The van der Waals surface area contributed by atoms with Crippen molar-refractivity contribution in [3.05, 3.63) is 0 Å². The van der Waals surface area contributed by atoms with Crippen molar-refractivity contribution in [2.45, 2.75) is 31.8 Å². The number of nitrogens with zero attached hydrogens (tertiary/aromatic N) is 1. The molecule has 1 saturated heterocycles. The number of carboxylic acid groups (broad SMARTS) is 1. The summed E-state index contributed by atoms with van der Waals surface area (Å²) in [5, 5.41) is 10.0. The Balaban J connectivity index is 2.56. The second-order valence-corrected chi connectivity index (χ2v) is 3.44. The van der Waals surface area contributed by atoms with Crippen molar-refractivity contribution in [1.29, 1.82) is 0 Å². The molecule has 0 radical (unpaired) electrons. The van der Waals surface area contributed by atoms with Crippen LogP contribution in [0.15, 0.2) is 0 Å². The van der Waals surface area contributed by atoms with Gasteiger partial charge in [-0.1, -0.05) is 0 Å². The summed E-state index contributed by atoms with van der Waals surface area (Å²) >= 11 is 0. The normalized spacial score (nSPS) is 24.4. The van der Waals surface area contributed by atoms with Gasteiger partial charge in [0.25, 0.3) is 5.91 Å². The zero-order valence-corrected chi connectivity index (χ0v) is 8.06. The van der Waals surface area contributed by atoms with Crippen molar-refractivity contribution in [2.24, 2.45) is 5.73 Å². The summed E-state index contributed by atoms with van der Waals surface area (Å²) in [6.07, 6.45) is 1.22. The molecular weight excluding hydrogens is 186 g/mol. The van der Waals surface area contributed by atoms with Gasteiger partial charge in [-0.15, -0.1) is 0 Å². The zero-order chi connectivity index (χ0) is 10.7. The summed E-state index contributed by atoms with van der Waals surface area (Å²) in [7, 11) is 0. The first-order valence-corrected chi connectivity index (χ1v) is 4.58. The van der Waals surface area contributed by atoms with Gasteiger partial charge in [0.15, 0.2) is 0 Å². The van der Waals surface area contributed by atoms with Gasteiger partial charge in [-0.3, -0.25) is 14.6 Å². The van der Waals surface area contributed by atoms with E-state index < -0.39 is 18.1 Å². The Morgan fingerprint density at radius 1 is 1.64 bits per heavy atom. The third kappa shape index (κ3) is 2.43. The minimum absolute atomic E-state index is 0.268. The molecule has 6 nitrogen and oxygen atoms in total. The van der Waals surface area contributed by atoms with Crippen LogP contribution >= 0.6 is 0 Å². The monoisotopic (exact) mass is 201 g/mol. The van der Waals surface area contributed by atoms with Gasteiger partial charge in [0.1, 0.15) is 6.04 Å². The molecule has 1 fully saturated rings. The number of nitrogens with two attached hydrogens (primary N) is 1. The number of aliphatic carboxylic acids is 1. The van der Waals surface area contributed by atoms with E-state index in [1.165, 1.54) is 5.01 Å². The van der Waals surface area contributed by atoms with Crippen LogP contribution in [-0.4, -0.2) is 40.6 Å². The van der Waals surface area contributed by atoms with Crippen molar-refractivity contribution < 1.29 is 14.7 Å². The number of nitrogens with one attached hydrogen (secondary N) is 1. The number of rotatable bonds is 2. The van der Waals surface area contributed by atoms with Crippen molar-refractivity contribution >= 4 is 11.9 Å². The number of hydrogen-bond donors (Lipinski definition) is 3. The Morgan fingerprint density at radius 2 is 2.29 bits per heavy atom. The first-order valence-electron chi connectivity index (χ1n) is 4.58. The van der Waals surface area contributed by atoms with Crippen LogP contribution in [0.5, 0.6) is 0 Å². The second kappa shape index (κ2) is 4.39. The molecule has 0 spiro atoms. The number of carbonyl (C=O) groups excluding carboxylic acids is 1. The Hall–Kier alpha value is -1.14. The molecule has 0 aliphatic carbocycles. The molecule has 1 heterocycles. The molecular formula is C8H15N3O3. The Bertz CT molecular complexity index is 242. The number of hydrazine groups is 1. The minimum Gasteiger partial charge on any atom is -0.480 e. The van der Waals surface area contributed by atoms with E-state index in [4.69, 9.17) is 10.8 Å². The van der Waals surface area contributed by atoms with E-state index in [1.807, 2.05) is 0 Å². The van der Waals surface area contributed by atoms with Crippen molar-refractivity contribution in [3.8, 4) is 0 Å². The van der Waals surface area contributed by atoms with E-state index in [0.717, 1.165) is 0 Å². The lowest BCUT2D eigenvalue weighted by atomic mass is 10.1. The van der Waals surface area contributed by atoms with Crippen LogP contribution in [-0.2, 0) is 9.59 Å². The SMILES string of the molecule is C[C@H](N)C(=O)N1CCC[C@@H](C(=O)O)N1. The molecule has 1 amide bonds. The van der Waals surface area contributed by atoms with Gasteiger partial charge in [0.05, 0.1) is 6.04 Å². The van der Waals surface area contributed by atoms with Gasteiger partial charge in [0, 0.05) is 6.54 Å². The van der Waals surface area contributed by atoms with Crippen LogP contribution < -0.4 is 11.2 Å². The molecule has 80 valence electrons. The zero-order valence-electron chi connectivity index (χ0n) is 8.06. The van der Waals surface area contributed by atoms with E-state index in [1.54, 1.807) is 6.92 Å². The van der Waals surface area contributed by atoms with E-state index >= 15 is 0 Å². The molecule has 1 aliphatic rings. The van der Waals surface area contributed by atoms with E-state index in [-0.39, 0.29) is 5.91 Å². The first-order chi connectivity index (χ1) is 6.52. The van der Waals surface area contributed by atoms with Gasteiger partial charge >= 0.3 is 5.97 Å². The molecule has 0 aromatic heterocycles. The largest absolute Gasteiger partial charge is 0.480 e. The summed E-state index contributed by atoms with van der Waals surface area (Å²) in [4.78, 5) is 22.1. The van der Waals surface area contributed by atoms with Crippen LogP contribution in [0.4, 0.5) is 0 Å². The number of amides is 1. The highest BCUT2D eigenvalue weighted by Crippen LogP contribution is 2.08. The quantitative estimate of drug-likeness (QED) is 0.528. The predicted molar refractivity (Wildman–Crippen MR) is 49.2 cm³/mol. The van der Waals surface area contributed by atoms with Crippen molar-refractivity contribution in [3.63, 3.8) is 0 Å². The van der Waals surface area contributed by atoms with Gasteiger partial charge in [-0.05, 0) is 19.8 Å². The van der Waals surface area contributed by atoms with E-state index in [0.29, 0.717) is 19.4 Å². The Labute approximate surface area is 82.0 Å². The van der Waals surface area contributed by atoms with Crippen LogP contribution in [0.3, 0.4) is 0 Å². The summed E-state index contributed by atoms with van der Waals surface area (Å²) < 4.78 is 0. The highest BCUT2D eigenvalue weighted by molar-refractivity contribution is 5.82. The molecule has 0 unspecified atom stereocenters. The summed E-state index contributed by atoms with van der Waals surface area (Å²) in [6.45, 7) is 2.10. The fraction of sp³-hybridized carbons (Fsp3) is 0.750. The number of hydrogen-bond acceptors (Lipinski definition) is 4. The van der Waals surface area contributed by atoms with Crippen LogP contribution in [0.1, 0.15) is 19.8 Å². The van der Waals surface area contributed by atoms with Crippen LogP contribution in [0, 0.1) is 0 Å². The number of carboxylic acids is 1. The molecule has 6 heteroatoms. The fourth-order valence-electron chi connectivity index (χ4n) is 1.37. The Morgan fingerprint density at radius 3 is 2.79 bits per heavy atom. The van der Waals surface area contributed by atoms with E-state index in [2.05, 4.69) is 5.43 Å². The Kier molecular flexibility index (Phi) is 3.43. The van der Waals surface area contributed by atoms with Gasteiger partial charge < -0.3 is 10.8 Å². The van der Waals surface area contributed by atoms with Crippen LogP contribution in [0.25, 0.3) is 0 Å². The van der Waals surface area contributed by atoms with Crippen LogP contribution in [0.2, 0.25) is 0 Å². The second-order valence-electron chi connectivity index (χ2n) is 3.44. The first kappa shape index (κ1) is 10.9. The lowest BCUT2D eigenvalue weighted by molar-refractivity contribution is -0.147. The smallest absolute Gasteiger partial charge is 0.322 e. The highest BCUT2D eigenvalue weighted by atomic mass is 16.4. The van der Waals surface area contributed by atoms with Crippen molar-refractivity contribution in [1.82, 2.24) is 10.4 Å². The molecule has 4 N–H and O–H groups in total. The molecule has 2 atom stereocenters. The lowest BCUT2D eigenvalue weighted by Crippen LogP contribution is -2.58. The lowest BCUT2D eigenvalue weighted by Gasteiger charge is -2.32. The predicted octanol–water partition coefficient (Wildman–Crippen LogP) is -1.09. The molecule has 0 aromatic carbocycles. The van der Waals surface area contributed by atoms with Gasteiger partial charge in [-0.25, -0.2) is 5.43 Å². The molecule has 0 bridgehead atoms. The third-order valence-electron chi connectivity index (χ3n) is 2.14. The standard InChI is InChI=1S/C8H15N3O3/c1-5(9)7(12)11-4-2-3-6(10-11)8(13)14/h5-6,10H,2-4,9H2,1H3,(H,13,14)/t5-,6-/m0/s1. The fourth-order valence-corrected chi connectivity index (χ4v) is 1.37. The van der Waals surface area contributed by atoms with Gasteiger partial charge in [0.2, 0.25) is 0 Å². The summed E-state index contributed by atoms with van der Waals surface area (Å²) in [6, 6.07) is -1.28. The highest BCUT2D eigenvalue weighted by Gasteiger charge is 2.28. The molecule has 1 aliphatic heterocycles. The molecule has 0 saturated carbocycles. The maximum atomic E-state index is 11.4. The van der Waals surface area contributed by atoms with E-state index in [9.17, 15) is 9.59 Å². The average Bonchev–Trinajstić information content (AvgIpc) is 2.16. The molecule has 14 heavy (non-hydrogen) atoms. The maximum absolute atomic E-state index is 11.4. The average molecular weight is 201 g/mol. The third-order valence-corrected chi connectivity index (χ3v) is 2.14. The van der Waals surface area contributed by atoms with Gasteiger partial charge in [-0.2, -0.15) is 0 Å². The summed E-state index contributed by atoms with van der Waals surface area (Å²) in [5.74, 6) is -1.21.